The molecule has 0 bridgehead atoms. The highest BCUT2D eigenvalue weighted by atomic mass is 32.1. The predicted octanol–water partition coefficient (Wildman–Crippen LogP) is 2.70. The fourth-order valence-corrected chi connectivity index (χ4v) is 1.47. The average molecular weight is 251 g/mol. The number of nitrogens with one attached hydrogen (secondary N) is 1. The van der Waals surface area contributed by atoms with E-state index in [-0.39, 0.29) is 12.4 Å². The molecule has 4 heteroatoms. The van der Waals surface area contributed by atoms with E-state index in [1.807, 2.05) is 18.2 Å². The second-order valence-corrected chi connectivity index (χ2v) is 4.16. The molecule has 0 amide bonds. The van der Waals surface area contributed by atoms with E-state index in [4.69, 9.17) is 17.0 Å². The average Bonchev–Trinajstić information content (AvgIpc) is 2.30. The Kier molecular flexibility index (Phi) is 6.25. The third-order valence-corrected chi connectivity index (χ3v) is 2.42. The highest BCUT2D eigenvalue weighted by Crippen LogP contribution is 2.09. The van der Waals surface area contributed by atoms with Crippen molar-refractivity contribution in [3.05, 3.63) is 30.3 Å². The van der Waals surface area contributed by atoms with Crippen LogP contribution in [0.2, 0.25) is 0 Å². The standard InChI is InChI=1S/C13H17NO2S/c1-2-3-9-14-12(17)10-13(15)16-11-7-5-4-6-8-11/h4-8H,2-3,9-10H2,1H3,(H,14,17). The summed E-state index contributed by atoms with van der Waals surface area (Å²) < 4.78 is 5.12. The fraction of sp³-hybridized carbons (Fsp3) is 0.385. The molecule has 0 aliphatic rings. The number of rotatable bonds is 6. The van der Waals surface area contributed by atoms with Gasteiger partial charge in [0.2, 0.25) is 0 Å². The van der Waals surface area contributed by atoms with Crippen LogP contribution < -0.4 is 10.1 Å². The maximum absolute atomic E-state index is 11.5. The van der Waals surface area contributed by atoms with Crippen molar-refractivity contribution in [2.45, 2.75) is 26.2 Å². The third kappa shape index (κ3) is 6.02. The lowest BCUT2D eigenvalue weighted by Gasteiger charge is -2.07. The number of esters is 1. The summed E-state index contributed by atoms with van der Waals surface area (Å²) in [6, 6.07) is 8.99. The Morgan fingerprint density at radius 2 is 2.06 bits per heavy atom. The van der Waals surface area contributed by atoms with Crippen LogP contribution in [0.3, 0.4) is 0 Å². The van der Waals surface area contributed by atoms with Gasteiger partial charge in [-0.05, 0) is 18.6 Å². The van der Waals surface area contributed by atoms with E-state index in [2.05, 4.69) is 12.2 Å². The number of benzene rings is 1. The lowest BCUT2D eigenvalue weighted by atomic mass is 10.3. The van der Waals surface area contributed by atoms with Crippen molar-refractivity contribution in [3.8, 4) is 5.75 Å². The zero-order chi connectivity index (χ0) is 12.5. The van der Waals surface area contributed by atoms with Crippen LogP contribution in [0.4, 0.5) is 0 Å². The number of para-hydroxylation sites is 1. The van der Waals surface area contributed by atoms with Crippen molar-refractivity contribution in [1.82, 2.24) is 5.32 Å². The van der Waals surface area contributed by atoms with Crippen LogP contribution in [0.25, 0.3) is 0 Å². The molecule has 1 rings (SSSR count). The molecule has 0 aromatic heterocycles. The van der Waals surface area contributed by atoms with Crippen LogP contribution in [0.1, 0.15) is 26.2 Å². The molecular weight excluding hydrogens is 234 g/mol. The number of hydrogen-bond acceptors (Lipinski definition) is 3. The summed E-state index contributed by atoms with van der Waals surface area (Å²) in [6.45, 7) is 2.92. The first-order valence-corrected chi connectivity index (χ1v) is 6.15. The van der Waals surface area contributed by atoms with Gasteiger partial charge >= 0.3 is 5.97 Å². The minimum absolute atomic E-state index is 0.133. The smallest absolute Gasteiger partial charge is 0.318 e. The molecule has 0 unspecified atom stereocenters. The minimum Gasteiger partial charge on any atom is -0.426 e. The van der Waals surface area contributed by atoms with Gasteiger partial charge in [-0.25, -0.2) is 0 Å². The van der Waals surface area contributed by atoms with Gasteiger partial charge in [0.1, 0.15) is 5.75 Å². The molecule has 0 spiro atoms. The van der Waals surface area contributed by atoms with Crippen molar-refractivity contribution in [2.75, 3.05) is 6.54 Å². The van der Waals surface area contributed by atoms with Crippen molar-refractivity contribution < 1.29 is 9.53 Å². The minimum atomic E-state index is -0.329. The Morgan fingerprint density at radius 1 is 1.35 bits per heavy atom. The summed E-state index contributed by atoms with van der Waals surface area (Å²) >= 11 is 5.05. The maximum atomic E-state index is 11.5. The Balaban J connectivity index is 2.27. The van der Waals surface area contributed by atoms with Gasteiger partial charge in [-0.2, -0.15) is 0 Å². The highest BCUT2D eigenvalue weighted by molar-refractivity contribution is 7.80. The Bertz CT molecular complexity index is 365. The molecule has 0 aliphatic heterocycles. The lowest BCUT2D eigenvalue weighted by Crippen LogP contribution is -2.26. The Morgan fingerprint density at radius 3 is 2.71 bits per heavy atom. The van der Waals surface area contributed by atoms with Crippen molar-refractivity contribution >= 4 is 23.2 Å². The molecule has 92 valence electrons. The lowest BCUT2D eigenvalue weighted by molar-refractivity contribution is -0.133. The molecular formula is C13H17NO2S. The summed E-state index contributed by atoms with van der Waals surface area (Å²) in [5, 5.41) is 3.03. The normalized spacial score (nSPS) is 9.71. The molecule has 17 heavy (non-hydrogen) atoms. The van der Waals surface area contributed by atoms with E-state index in [0.29, 0.717) is 10.7 Å². The number of hydrogen-bond donors (Lipinski definition) is 1. The van der Waals surface area contributed by atoms with Crippen LogP contribution >= 0.6 is 12.2 Å². The van der Waals surface area contributed by atoms with Crippen molar-refractivity contribution in [3.63, 3.8) is 0 Å². The van der Waals surface area contributed by atoms with Gasteiger partial charge < -0.3 is 10.1 Å². The van der Waals surface area contributed by atoms with E-state index < -0.39 is 0 Å². The summed E-state index contributed by atoms with van der Waals surface area (Å²) in [4.78, 5) is 12.0. The maximum Gasteiger partial charge on any atom is 0.318 e. The number of unbranched alkanes of at least 4 members (excludes halogenated alkanes) is 1. The molecule has 0 aliphatic carbocycles. The molecule has 0 fully saturated rings. The molecule has 0 saturated carbocycles. The fourth-order valence-electron chi connectivity index (χ4n) is 1.25. The molecule has 1 N–H and O–H groups in total. The first kappa shape index (κ1) is 13.6. The number of carbonyl (C=O) groups excluding carboxylic acids is 1. The highest BCUT2D eigenvalue weighted by Gasteiger charge is 2.07. The zero-order valence-electron chi connectivity index (χ0n) is 9.94. The number of carbonyl (C=O) groups is 1. The monoisotopic (exact) mass is 251 g/mol. The molecule has 0 heterocycles. The van der Waals surface area contributed by atoms with Crippen LogP contribution in [0, 0.1) is 0 Å². The first-order valence-electron chi connectivity index (χ1n) is 5.74. The van der Waals surface area contributed by atoms with Gasteiger partial charge in [0.05, 0.1) is 11.4 Å². The van der Waals surface area contributed by atoms with E-state index in [0.717, 1.165) is 19.4 Å². The largest absolute Gasteiger partial charge is 0.426 e. The van der Waals surface area contributed by atoms with Gasteiger partial charge in [-0.1, -0.05) is 43.8 Å². The zero-order valence-corrected chi connectivity index (χ0v) is 10.8. The Labute approximate surface area is 107 Å². The summed E-state index contributed by atoms with van der Waals surface area (Å²) in [5.74, 6) is 0.221. The van der Waals surface area contributed by atoms with Crippen LogP contribution in [-0.4, -0.2) is 17.5 Å². The quantitative estimate of drug-likeness (QED) is 0.365. The molecule has 3 nitrogen and oxygen atoms in total. The van der Waals surface area contributed by atoms with Gasteiger partial charge in [0.25, 0.3) is 0 Å². The van der Waals surface area contributed by atoms with Crippen LogP contribution in [0.15, 0.2) is 30.3 Å². The summed E-state index contributed by atoms with van der Waals surface area (Å²) in [6.07, 6.45) is 2.28. The van der Waals surface area contributed by atoms with Crippen molar-refractivity contribution in [2.24, 2.45) is 0 Å². The van der Waals surface area contributed by atoms with Crippen LogP contribution in [-0.2, 0) is 4.79 Å². The van der Waals surface area contributed by atoms with Crippen LogP contribution in [0.5, 0.6) is 5.75 Å². The first-order chi connectivity index (χ1) is 8.22. The van der Waals surface area contributed by atoms with E-state index in [1.165, 1.54) is 0 Å². The number of ether oxygens (including phenoxy) is 1. The molecule has 0 radical (unpaired) electrons. The molecule has 0 saturated heterocycles. The Hall–Kier alpha value is -1.42. The van der Waals surface area contributed by atoms with E-state index in [9.17, 15) is 4.79 Å². The SMILES string of the molecule is CCCCNC(=S)CC(=O)Oc1ccccc1. The van der Waals surface area contributed by atoms with Gasteiger partial charge in [0.15, 0.2) is 0 Å². The topological polar surface area (TPSA) is 38.3 Å². The second kappa shape index (κ2) is 7.79. The molecule has 1 aromatic carbocycles. The number of thiocarbonyl (C=S) groups is 1. The van der Waals surface area contributed by atoms with Gasteiger partial charge in [-0.15, -0.1) is 0 Å². The van der Waals surface area contributed by atoms with E-state index >= 15 is 0 Å². The van der Waals surface area contributed by atoms with Gasteiger partial charge in [-0.3, -0.25) is 4.79 Å². The molecule has 0 atom stereocenters. The summed E-state index contributed by atoms with van der Waals surface area (Å²) in [7, 11) is 0. The second-order valence-electron chi connectivity index (χ2n) is 3.67. The van der Waals surface area contributed by atoms with E-state index in [1.54, 1.807) is 12.1 Å². The summed E-state index contributed by atoms with van der Waals surface area (Å²) in [5.41, 5.74) is 0. The van der Waals surface area contributed by atoms with Gasteiger partial charge in [0, 0.05) is 6.54 Å². The predicted molar refractivity (Wildman–Crippen MR) is 72.2 cm³/mol. The third-order valence-electron chi connectivity index (χ3n) is 2.13. The van der Waals surface area contributed by atoms with Crippen molar-refractivity contribution in [1.29, 1.82) is 0 Å². The molecule has 1 aromatic rings.